The first kappa shape index (κ1) is 13.0. The van der Waals surface area contributed by atoms with Crippen LogP contribution in [0.25, 0.3) is 0 Å². The van der Waals surface area contributed by atoms with Crippen molar-refractivity contribution in [2.45, 2.75) is 6.04 Å². The van der Waals surface area contributed by atoms with Gasteiger partial charge < -0.3 is 20.0 Å². The SMILES string of the molecule is O=C(O)N1CCN(c2ncc(Br)cn2)C(CO)C1. The molecule has 1 amide bonds. The average molecular weight is 317 g/mol. The number of carbonyl (C=O) groups is 1. The van der Waals surface area contributed by atoms with E-state index in [0.717, 1.165) is 4.47 Å². The molecule has 0 spiro atoms. The normalized spacial score (nSPS) is 20.0. The molecule has 8 heteroatoms. The van der Waals surface area contributed by atoms with Gasteiger partial charge in [-0.3, -0.25) is 0 Å². The van der Waals surface area contributed by atoms with Crippen molar-refractivity contribution in [2.24, 2.45) is 0 Å². The molecule has 7 nitrogen and oxygen atoms in total. The van der Waals surface area contributed by atoms with E-state index in [1.807, 2.05) is 4.90 Å². The van der Waals surface area contributed by atoms with E-state index in [1.165, 1.54) is 4.90 Å². The Bertz CT molecular complexity index is 428. The van der Waals surface area contributed by atoms with Gasteiger partial charge in [-0.15, -0.1) is 0 Å². The number of nitrogens with zero attached hydrogens (tertiary/aromatic N) is 4. The molecule has 98 valence electrons. The summed E-state index contributed by atoms with van der Waals surface area (Å²) in [6, 6.07) is -0.309. The van der Waals surface area contributed by atoms with Crippen molar-refractivity contribution >= 4 is 28.0 Å². The van der Waals surface area contributed by atoms with Gasteiger partial charge in [-0.25, -0.2) is 14.8 Å². The molecular weight excluding hydrogens is 304 g/mol. The Morgan fingerprint density at radius 2 is 2.11 bits per heavy atom. The third-order valence-electron chi connectivity index (χ3n) is 2.83. The summed E-state index contributed by atoms with van der Waals surface area (Å²) in [5.74, 6) is 0.502. The summed E-state index contributed by atoms with van der Waals surface area (Å²) in [5.41, 5.74) is 0. The van der Waals surface area contributed by atoms with Gasteiger partial charge in [0, 0.05) is 32.0 Å². The fraction of sp³-hybridized carbons (Fsp3) is 0.500. The number of aliphatic hydroxyl groups excluding tert-OH is 1. The van der Waals surface area contributed by atoms with Gasteiger partial charge in [-0.05, 0) is 15.9 Å². The van der Waals surface area contributed by atoms with Crippen LogP contribution in [0.4, 0.5) is 10.7 Å². The highest BCUT2D eigenvalue weighted by atomic mass is 79.9. The first-order valence-electron chi connectivity index (χ1n) is 5.44. The number of halogens is 1. The van der Waals surface area contributed by atoms with Crippen LogP contribution in [0.15, 0.2) is 16.9 Å². The smallest absolute Gasteiger partial charge is 0.407 e. The summed E-state index contributed by atoms with van der Waals surface area (Å²) < 4.78 is 0.774. The molecule has 18 heavy (non-hydrogen) atoms. The number of carboxylic acid groups (broad SMARTS) is 1. The number of aromatic nitrogens is 2. The molecular formula is C10H13BrN4O3. The highest BCUT2D eigenvalue weighted by molar-refractivity contribution is 9.10. The summed E-state index contributed by atoms with van der Waals surface area (Å²) in [4.78, 5) is 22.3. The molecule has 1 atom stereocenters. The molecule has 0 aliphatic carbocycles. The van der Waals surface area contributed by atoms with Gasteiger partial charge >= 0.3 is 6.09 Å². The minimum Gasteiger partial charge on any atom is -0.465 e. The zero-order chi connectivity index (χ0) is 13.1. The number of piperazine rings is 1. The van der Waals surface area contributed by atoms with Crippen LogP contribution in [-0.4, -0.2) is 63.5 Å². The maximum atomic E-state index is 10.9. The number of anilines is 1. The predicted octanol–water partition coefficient (Wildman–Crippen LogP) is 0.400. The van der Waals surface area contributed by atoms with Crippen LogP contribution in [0.5, 0.6) is 0 Å². The third kappa shape index (κ3) is 2.70. The average Bonchev–Trinajstić information content (AvgIpc) is 2.39. The Labute approximate surface area is 112 Å². The zero-order valence-electron chi connectivity index (χ0n) is 9.53. The van der Waals surface area contributed by atoms with E-state index in [9.17, 15) is 9.90 Å². The lowest BCUT2D eigenvalue weighted by Gasteiger charge is -2.39. The quantitative estimate of drug-likeness (QED) is 0.821. The van der Waals surface area contributed by atoms with Gasteiger partial charge in [0.25, 0.3) is 0 Å². The maximum absolute atomic E-state index is 10.9. The highest BCUT2D eigenvalue weighted by Crippen LogP contribution is 2.17. The van der Waals surface area contributed by atoms with Crippen LogP contribution >= 0.6 is 15.9 Å². The number of rotatable bonds is 2. The molecule has 0 saturated carbocycles. The van der Waals surface area contributed by atoms with Crippen molar-refractivity contribution < 1.29 is 15.0 Å². The van der Waals surface area contributed by atoms with Gasteiger partial charge in [0.05, 0.1) is 17.1 Å². The minimum atomic E-state index is -0.968. The van der Waals surface area contributed by atoms with E-state index >= 15 is 0 Å². The fourth-order valence-electron chi connectivity index (χ4n) is 1.90. The molecule has 0 bridgehead atoms. The van der Waals surface area contributed by atoms with E-state index < -0.39 is 6.09 Å². The Balaban J connectivity index is 2.14. The summed E-state index contributed by atoms with van der Waals surface area (Å²) in [6.07, 6.45) is 2.28. The van der Waals surface area contributed by atoms with E-state index in [2.05, 4.69) is 25.9 Å². The highest BCUT2D eigenvalue weighted by Gasteiger charge is 2.30. The lowest BCUT2D eigenvalue weighted by molar-refractivity contribution is 0.124. The van der Waals surface area contributed by atoms with Crippen LogP contribution in [0.3, 0.4) is 0 Å². The summed E-state index contributed by atoms with van der Waals surface area (Å²) in [5, 5.41) is 18.3. The molecule has 1 fully saturated rings. The van der Waals surface area contributed by atoms with Crippen LogP contribution in [0.1, 0.15) is 0 Å². The molecule has 2 heterocycles. The Morgan fingerprint density at radius 1 is 1.44 bits per heavy atom. The molecule has 1 aliphatic rings. The second-order valence-electron chi connectivity index (χ2n) is 3.96. The lowest BCUT2D eigenvalue weighted by atomic mass is 10.2. The van der Waals surface area contributed by atoms with E-state index in [-0.39, 0.29) is 19.2 Å². The zero-order valence-corrected chi connectivity index (χ0v) is 11.1. The third-order valence-corrected chi connectivity index (χ3v) is 3.24. The van der Waals surface area contributed by atoms with E-state index in [0.29, 0.717) is 19.0 Å². The van der Waals surface area contributed by atoms with Crippen LogP contribution in [0, 0.1) is 0 Å². The molecule has 1 aliphatic heterocycles. The summed E-state index contributed by atoms with van der Waals surface area (Å²) in [7, 11) is 0. The monoisotopic (exact) mass is 316 g/mol. The van der Waals surface area contributed by atoms with Crippen molar-refractivity contribution in [1.82, 2.24) is 14.9 Å². The van der Waals surface area contributed by atoms with Crippen molar-refractivity contribution in [1.29, 1.82) is 0 Å². The van der Waals surface area contributed by atoms with Gasteiger partial charge in [-0.2, -0.15) is 0 Å². The minimum absolute atomic E-state index is 0.136. The molecule has 0 aromatic carbocycles. The molecule has 1 saturated heterocycles. The molecule has 2 N–H and O–H groups in total. The molecule has 1 unspecified atom stereocenters. The van der Waals surface area contributed by atoms with Crippen molar-refractivity contribution in [3.05, 3.63) is 16.9 Å². The number of hydrogen-bond donors (Lipinski definition) is 2. The fourth-order valence-corrected chi connectivity index (χ4v) is 2.11. The second-order valence-corrected chi connectivity index (χ2v) is 4.88. The number of aliphatic hydroxyl groups is 1. The topological polar surface area (TPSA) is 89.8 Å². The van der Waals surface area contributed by atoms with E-state index in [4.69, 9.17) is 5.11 Å². The van der Waals surface area contributed by atoms with Crippen molar-refractivity contribution in [2.75, 3.05) is 31.1 Å². The van der Waals surface area contributed by atoms with Gasteiger partial charge in [-0.1, -0.05) is 0 Å². The van der Waals surface area contributed by atoms with Crippen LogP contribution in [0.2, 0.25) is 0 Å². The van der Waals surface area contributed by atoms with Crippen molar-refractivity contribution in [3.8, 4) is 0 Å². The second kappa shape index (κ2) is 5.49. The van der Waals surface area contributed by atoms with Crippen LogP contribution in [-0.2, 0) is 0 Å². The van der Waals surface area contributed by atoms with Crippen LogP contribution < -0.4 is 4.90 Å². The first-order valence-corrected chi connectivity index (χ1v) is 6.24. The summed E-state index contributed by atoms with van der Waals surface area (Å²) in [6.45, 7) is 0.971. The Kier molecular flexibility index (Phi) is 3.97. The van der Waals surface area contributed by atoms with Gasteiger partial charge in [0.2, 0.25) is 5.95 Å². The Morgan fingerprint density at radius 3 is 2.67 bits per heavy atom. The lowest BCUT2D eigenvalue weighted by Crippen LogP contribution is -2.56. The number of amides is 1. The maximum Gasteiger partial charge on any atom is 0.407 e. The molecule has 1 aromatic heterocycles. The standard InChI is InChI=1S/C10H13BrN4O3/c11-7-3-12-9(13-4-7)15-2-1-14(10(17)18)5-8(15)6-16/h3-4,8,16H,1-2,5-6H2,(H,17,18). The molecule has 2 rings (SSSR count). The van der Waals surface area contributed by atoms with Gasteiger partial charge in [0.1, 0.15) is 0 Å². The predicted molar refractivity (Wildman–Crippen MR) is 67.5 cm³/mol. The van der Waals surface area contributed by atoms with Gasteiger partial charge in [0.15, 0.2) is 0 Å². The van der Waals surface area contributed by atoms with Crippen molar-refractivity contribution in [3.63, 3.8) is 0 Å². The Hall–Kier alpha value is -1.41. The largest absolute Gasteiger partial charge is 0.465 e. The van der Waals surface area contributed by atoms with E-state index in [1.54, 1.807) is 12.4 Å². The molecule has 1 aromatic rings. The summed E-state index contributed by atoms with van der Waals surface area (Å²) >= 11 is 3.25. The number of hydrogen-bond acceptors (Lipinski definition) is 5. The molecule has 0 radical (unpaired) electrons. The first-order chi connectivity index (χ1) is 8.61.